The summed E-state index contributed by atoms with van der Waals surface area (Å²) < 4.78 is 0. The van der Waals surface area contributed by atoms with Crippen molar-refractivity contribution < 1.29 is 25.2 Å². The molecule has 0 aliphatic heterocycles. The van der Waals surface area contributed by atoms with Gasteiger partial charge in [-0.05, 0) is 19.1 Å². The highest BCUT2D eigenvalue weighted by Gasteiger charge is 2.26. The molecule has 4 atom stereocenters. The topological polar surface area (TPSA) is 122 Å². The molecular formula is C13H18N2O5. The molecular weight excluding hydrogens is 264 g/mol. The molecule has 0 unspecified atom stereocenters. The summed E-state index contributed by atoms with van der Waals surface area (Å²) in [4.78, 5) is 11.6. The Kier molecular flexibility index (Phi) is 6.26. The van der Waals surface area contributed by atoms with Crippen molar-refractivity contribution in [2.75, 3.05) is 0 Å². The minimum Gasteiger partial charge on any atom is -0.391 e. The minimum atomic E-state index is -1.60. The van der Waals surface area contributed by atoms with Gasteiger partial charge in [0.25, 0.3) is 5.91 Å². The molecule has 7 heteroatoms. The van der Waals surface area contributed by atoms with Gasteiger partial charge in [0.05, 0.1) is 12.3 Å². The lowest BCUT2D eigenvalue weighted by molar-refractivity contribution is -0.0821. The van der Waals surface area contributed by atoms with Gasteiger partial charge in [0.1, 0.15) is 18.3 Å². The highest BCUT2D eigenvalue weighted by atomic mass is 16.4. The second kappa shape index (κ2) is 7.71. The summed E-state index contributed by atoms with van der Waals surface area (Å²) in [6.07, 6.45) is -4.96. The van der Waals surface area contributed by atoms with Gasteiger partial charge in [-0.2, -0.15) is 5.10 Å². The molecule has 0 radical (unpaired) electrons. The van der Waals surface area contributed by atoms with Crippen molar-refractivity contribution in [2.45, 2.75) is 31.3 Å². The van der Waals surface area contributed by atoms with Crippen LogP contribution in [0.3, 0.4) is 0 Å². The number of hydrazone groups is 1. The maximum Gasteiger partial charge on any atom is 0.271 e. The molecule has 110 valence electrons. The van der Waals surface area contributed by atoms with Crippen LogP contribution in [0.15, 0.2) is 35.4 Å². The van der Waals surface area contributed by atoms with E-state index in [0.29, 0.717) is 5.56 Å². The van der Waals surface area contributed by atoms with Gasteiger partial charge < -0.3 is 20.4 Å². The summed E-state index contributed by atoms with van der Waals surface area (Å²) in [7, 11) is 0. The lowest BCUT2D eigenvalue weighted by Crippen LogP contribution is -2.44. The van der Waals surface area contributed by atoms with Crippen LogP contribution in [0.4, 0.5) is 0 Å². The number of carbonyl (C=O) groups is 1. The molecule has 0 fully saturated rings. The van der Waals surface area contributed by atoms with Crippen molar-refractivity contribution >= 4 is 12.1 Å². The van der Waals surface area contributed by atoms with Crippen molar-refractivity contribution in [1.82, 2.24) is 5.43 Å². The van der Waals surface area contributed by atoms with Crippen LogP contribution in [-0.4, -0.2) is 57.0 Å². The van der Waals surface area contributed by atoms with Crippen LogP contribution >= 0.6 is 0 Å². The first kappa shape index (κ1) is 16.3. The fraction of sp³-hybridized carbons (Fsp3) is 0.385. The van der Waals surface area contributed by atoms with E-state index in [0.717, 1.165) is 6.21 Å². The van der Waals surface area contributed by atoms with Gasteiger partial charge >= 0.3 is 0 Å². The Balaban J connectivity index is 2.50. The molecule has 0 spiro atoms. The second-order valence-corrected chi connectivity index (χ2v) is 4.30. The fourth-order valence-electron chi connectivity index (χ4n) is 1.40. The van der Waals surface area contributed by atoms with E-state index in [4.69, 9.17) is 5.11 Å². The first-order chi connectivity index (χ1) is 9.43. The van der Waals surface area contributed by atoms with Gasteiger partial charge in [-0.25, -0.2) is 5.43 Å². The maximum absolute atomic E-state index is 11.6. The molecule has 0 saturated carbocycles. The first-order valence-corrected chi connectivity index (χ1v) is 6.04. The smallest absolute Gasteiger partial charge is 0.271 e. The Hall–Kier alpha value is -1.80. The molecule has 0 aliphatic carbocycles. The minimum absolute atomic E-state index is 0.392. The van der Waals surface area contributed by atoms with Crippen LogP contribution in [0.1, 0.15) is 17.3 Å². The fourth-order valence-corrected chi connectivity index (χ4v) is 1.40. The zero-order valence-electron chi connectivity index (χ0n) is 10.9. The largest absolute Gasteiger partial charge is 0.391 e. The third-order valence-electron chi connectivity index (χ3n) is 2.62. The average molecular weight is 282 g/mol. The Morgan fingerprint density at radius 2 is 1.75 bits per heavy atom. The summed E-state index contributed by atoms with van der Waals surface area (Å²) in [5, 5.41) is 40.9. The third kappa shape index (κ3) is 4.71. The average Bonchev–Trinajstić information content (AvgIpc) is 2.46. The normalized spacial score (nSPS) is 17.4. The Bertz CT molecular complexity index is 449. The Morgan fingerprint density at radius 1 is 1.15 bits per heavy atom. The van der Waals surface area contributed by atoms with Gasteiger partial charge in [-0.15, -0.1) is 0 Å². The first-order valence-electron chi connectivity index (χ1n) is 6.04. The van der Waals surface area contributed by atoms with Crippen LogP contribution in [0, 0.1) is 0 Å². The summed E-state index contributed by atoms with van der Waals surface area (Å²) in [5.41, 5.74) is 2.56. The van der Waals surface area contributed by atoms with E-state index in [-0.39, 0.29) is 0 Å². The molecule has 7 nitrogen and oxygen atoms in total. The number of nitrogens with one attached hydrogen (secondary N) is 1. The highest BCUT2D eigenvalue weighted by Crippen LogP contribution is 2.03. The van der Waals surface area contributed by atoms with Crippen molar-refractivity contribution in [2.24, 2.45) is 5.10 Å². The molecule has 0 bridgehead atoms. The number of amides is 1. The number of hydrogen-bond donors (Lipinski definition) is 5. The molecule has 0 saturated heterocycles. The summed E-state index contributed by atoms with van der Waals surface area (Å²) in [5.74, 6) is -0.473. The number of benzene rings is 1. The lowest BCUT2D eigenvalue weighted by Gasteiger charge is -2.22. The molecule has 20 heavy (non-hydrogen) atoms. The van der Waals surface area contributed by atoms with E-state index in [1.807, 2.05) is 0 Å². The number of hydrogen-bond acceptors (Lipinski definition) is 6. The van der Waals surface area contributed by atoms with Crippen molar-refractivity contribution in [3.63, 3.8) is 0 Å². The summed E-state index contributed by atoms with van der Waals surface area (Å²) >= 11 is 0. The zero-order chi connectivity index (χ0) is 15.1. The SMILES string of the molecule is C[C@H](O)[C@H](O)[C@H](O)[C@H](O)/C=N\NC(=O)c1ccccc1. The standard InChI is InChI=1S/C13H18N2O5/c1-8(16)11(18)12(19)10(17)7-14-15-13(20)9-5-3-2-4-6-9/h2-8,10-12,16-19H,1H3,(H,15,20)/b14-7-/t8-,10+,11-,12+/m0/s1. The van der Waals surface area contributed by atoms with E-state index < -0.39 is 30.3 Å². The van der Waals surface area contributed by atoms with E-state index in [1.54, 1.807) is 30.3 Å². The number of carbonyl (C=O) groups excluding carboxylic acids is 1. The monoisotopic (exact) mass is 282 g/mol. The molecule has 1 aromatic carbocycles. The van der Waals surface area contributed by atoms with Crippen LogP contribution in [0.25, 0.3) is 0 Å². The van der Waals surface area contributed by atoms with Gasteiger partial charge in [-0.1, -0.05) is 18.2 Å². The zero-order valence-corrected chi connectivity index (χ0v) is 10.9. The summed E-state index contributed by atoms with van der Waals surface area (Å²) in [6.45, 7) is 1.27. The maximum atomic E-state index is 11.6. The molecule has 1 rings (SSSR count). The number of rotatable bonds is 6. The van der Waals surface area contributed by atoms with Crippen molar-refractivity contribution in [1.29, 1.82) is 0 Å². The van der Waals surface area contributed by atoms with Crippen LogP contribution in [0.2, 0.25) is 0 Å². The van der Waals surface area contributed by atoms with E-state index in [1.165, 1.54) is 6.92 Å². The predicted molar refractivity (Wildman–Crippen MR) is 72.1 cm³/mol. The predicted octanol–water partition coefficient (Wildman–Crippen LogP) is -1.13. The Morgan fingerprint density at radius 3 is 2.30 bits per heavy atom. The van der Waals surface area contributed by atoms with Crippen molar-refractivity contribution in [3.8, 4) is 0 Å². The van der Waals surface area contributed by atoms with Crippen LogP contribution in [0.5, 0.6) is 0 Å². The van der Waals surface area contributed by atoms with E-state index in [9.17, 15) is 20.1 Å². The van der Waals surface area contributed by atoms with Crippen molar-refractivity contribution in [3.05, 3.63) is 35.9 Å². The number of aliphatic hydroxyl groups is 4. The molecule has 1 amide bonds. The summed E-state index contributed by atoms with van der Waals surface area (Å²) in [6, 6.07) is 8.32. The lowest BCUT2D eigenvalue weighted by atomic mass is 10.1. The second-order valence-electron chi connectivity index (χ2n) is 4.30. The van der Waals surface area contributed by atoms with E-state index >= 15 is 0 Å². The van der Waals surface area contributed by atoms with E-state index in [2.05, 4.69) is 10.5 Å². The molecule has 1 aromatic rings. The molecule has 0 heterocycles. The molecule has 5 N–H and O–H groups in total. The molecule has 0 aliphatic rings. The van der Waals surface area contributed by atoms with Gasteiger partial charge in [0, 0.05) is 5.56 Å². The molecule has 0 aromatic heterocycles. The van der Waals surface area contributed by atoms with Gasteiger partial charge in [0.2, 0.25) is 0 Å². The number of nitrogens with zero attached hydrogens (tertiary/aromatic N) is 1. The van der Waals surface area contributed by atoms with Crippen LogP contribution in [-0.2, 0) is 0 Å². The Labute approximate surface area is 116 Å². The van der Waals surface area contributed by atoms with Crippen LogP contribution < -0.4 is 5.43 Å². The van der Waals surface area contributed by atoms with Gasteiger partial charge in [-0.3, -0.25) is 4.79 Å². The van der Waals surface area contributed by atoms with Gasteiger partial charge in [0.15, 0.2) is 0 Å². The quantitative estimate of drug-likeness (QED) is 0.334. The third-order valence-corrected chi connectivity index (χ3v) is 2.62. The number of aliphatic hydroxyl groups excluding tert-OH is 4. The highest BCUT2D eigenvalue weighted by molar-refractivity contribution is 5.94.